The number of aryl methyl sites for hydroxylation is 2. The zero-order valence-corrected chi connectivity index (χ0v) is 20.3. The van der Waals surface area contributed by atoms with Crippen molar-refractivity contribution in [1.29, 1.82) is 0 Å². The Morgan fingerprint density at radius 3 is 2.61 bits per heavy atom. The number of thiazole rings is 1. The van der Waals surface area contributed by atoms with Crippen LogP contribution in [0.4, 0.5) is 5.69 Å². The van der Waals surface area contributed by atoms with Crippen LogP contribution in [0.5, 0.6) is 0 Å². The topological polar surface area (TPSA) is 79.4 Å². The van der Waals surface area contributed by atoms with Crippen molar-refractivity contribution in [2.45, 2.75) is 37.3 Å². The Morgan fingerprint density at radius 2 is 1.90 bits per heavy atom. The first-order valence-electron chi connectivity index (χ1n) is 9.89. The molecule has 3 aromatic rings. The molecule has 1 fully saturated rings. The van der Waals surface area contributed by atoms with Gasteiger partial charge in [-0.05, 0) is 56.9 Å². The highest BCUT2D eigenvalue weighted by molar-refractivity contribution is 7.94. The van der Waals surface area contributed by atoms with E-state index in [4.69, 9.17) is 11.6 Å². The van der Waals surface area contributed by atoms with Gasteiger partial charge in [0.15, 0.2) is 0 Å². The van der Waals surface area contributed by atoms with Gasteiger partial charge in [-0.15, -0.1) is 22.7 Å². The molecule has 2 aromatic heterocycles. The number of nitrogens with one attached hydrogen (secondary N) is 1. The van der Waals surface area contributed by atoms with Gasteiger partial charge in [0.05, 0.1) is 16.4 Å². The molecule has 1 aliphatic heterocycles. The van der Waals surface area contributed by atoms with Crippen LogP contribution in [0, 0.1) is 13.8 Å². The average molecular weight is 496 g/mol. The second kappa shape index (κ2) is 8.90. The van der Waals surface area contributed by atoms with Crippen LogP contribution < -0.4 is 4.72 Å². The maximum atomic E-state index is 12.9. The number of hydrogen-bond donors (Lipinski definition) is 1. The van der Waals surface area contributed by atoms with E-state index in [-0.39, 0.29) is 10.1 Å². The molecule has 0 spiro atoms. The van der Waals surface area contributed by atoms with E-state index in [0.717, 1.165) is 49.3 Å². The van der Waals surface area contributed by atoms with Crippen LogP contribution in [0.2, 0.25) is 5.02 Å². The monoisotopic (exact) mass is 495 g/mol. The Labute approximate surface area is 194 Å². The van der Waals surface area contributed by atoms with Crippen LogP contribution in [-0.2, 0) is 10.0 Å². The third kappa shape index (κ3) is 4.79. The second-order valence-electron chi connectivity index (χ2n) is 7.53. The van der Waals surface area contributed by atoms with Crippen molar-refractivity contribution in [2.24, 2.45) is 0 Å². The molecular formula is C21H22ClN3O3S3. The highest BCUT2D eigenvalue weighted by Crippen LogP contribution is 2.35. The summed E-state index contributed by atoms with van der Waals surface area (Å²) in [7, 11) is -3.79. The largest absolute Gasteiger partial charge is 0.338 e. The minimum Gasteiger partial charge on any atom is -0.338 e. The van der Waals surface area contributed by atoms with E-state index in [1.54, 1.807) is 29.6 Å². The molecule has 0 saturated carbocycles. The summed E-state index contributed by atoms with van der Waals surface area (Å²) in [6.07, 6.45) is 3.21. The average Bonchev–Trinajstić information content (AvgIpc) is 3.38. The lowest BCUT2D eigenvalue weighted by Crippen LogP contribution is -2.35. The molecule has 1 amide bonds. The molecule has 1 aliphatic rings. The first kappa shape index (κ1) is 22.3. The Morgan fingerprint density at radius 1 is 1.16 bits per heavy atom. The van der Waals surface area contributed by atoms with Crippen LogP contribution in [0.25, 0.3) is 10.6 Å². The van der Waals surface area contributed by atoms with Crippen molar-refractivity contribution >= 4 is 55.9 Å². The number of nitrogens with zero attached hydrogens (tertiary/aromatic N) is 2. The molecule has 31 heavy (non-hydrogen) atoms. The van der Waals surface area contributed by atoms with Crippen molar-refractivity contribution in [1.82, 2.24) is 9.88 Å². The van der Waals surface area contributed by atoms with Crippen LogP contribution in [0.1, 0.15) is 40.2 Å². The number of carbonyl (C=O) groups is 1. The molecule has 4 rings (SSSR count). The summed E-state index contributed by atoms with van der Waals surface area (Å²) in [5.41, 5.74) is 2.64. The molecule has 0 bridgehead atoms. The molecule has 1 saturated heterocycles. The minimum absolute atomic E-state index is 0.0136. The number of sulfonamides is 1. The summed E-state index contributed by atoms with van der Waals surface area (Å²) in [5, 5.41) is 2.74. The summed E-state index contributed by atoms with van der Waals surface area (Å²) < 4.78 is 28.4. The third-order valence-electron chi connectivity index (χ3n) is 5.09. The van der Waals surface area contributed by atoms with Gasteiger partial charge >= 0.3 is 0 Å². The first-order chi connectivity index (χ1) is 14.7. The number of aromatic nitrogens is 1. The SMILES string of the molecule is Cc1ccc(NS(=O)(=O)c2cc(-c3nc(C)c(C(=O)N4CCCCC4)s3)cs2)c(Cl)c1. The zero-order valence-electron chi connectivity index (χ0n) is 17.1. The van der Waals surface area contributed by atoms with Crippen molar-refractivity contribution in [3.05, 3.63) is 50.8 Å². The molecule has 3 heterocycles. The van der Waals surface area contributed by atoms with E-state index < -0.39 is 10.0 Å². The van der Waals surface area contributed by atoms with Gasteiger partial charge in [-0.1, -0.05) is 17.7 Å². The molecule has 10 heteroatoms. The van der Waals surface area contributed by atoms with E-state index in [2.05, 4.69) is 9.71 Å². The third-order valence-corrected chi connectivity index (χ3v) is 9.40. The van der Waals surface area contributed by atoms with Crippen molar-refractivity contribution in [3.8, 4) is 10.6 Å². The number of thiophene rings is 1. The number of halogens is 1. The quantitative estimate of drug-likeness (QED) is 0.502. The summed E-state index contributed by atoms with van der Waals surface area (Å²) in [6.45, 7) is 5.26. The number of hydrogen-bond acceptors (Lipinski definition) is 6. The lowest BCUT2D eigenvalue weighted by molar-refractivity contribution is 0.0728. The van der Waals surface area contributed by atoms with Crippen molar-refractivity contribution < 1.29 is 13.2 Å². The normalized spacial score (nSPS) is 14.6. The molecular weight excluding hydrogens is 474 g/mol. The summed E-state index contributed by atoms with van der Waals surface area (Å²) in [6, 6.07) is 6.73. The maximum Gasteiger partial charge on any atom is 0.271 e. The van der Waals surface area contributed by atoms with Crippen LogP contribution in [-0.4, -0.2) is 37.3 Å². The molecule has 0 radical (unpaired) electrons. The van der Waals surface area contributed by atoms with E-state index in [1.165, 1.54) is 11.3 Å². The maximum absolute atomic E-state index is 12.9. The van der Waals surface area contributed by atoms with Crippen molar-refractivity contribution in [3.63, 3.8) is 0 Å². The van der Waals surface area contributed by atoms with Crippen LogP contribution in [0.3, 0.4) is 0 Å². The standard InChI is InChI=1S/C21H22ClN3O3S3/c1-13-6-7-17(16(22)10-13)24-31(27,28)18-11-15(12-29-18)20-23-14(2)19(30-20)21(26)25-8-4-3-5-9-25/h6-7,10-12,24H,3-5,8-9H2,1-2H3. The molecule has 164 valence electrons. The summed E-state index contributed by atoms with van der Waals surface area (Å²) in [4.78, 5) is 19.9. The van der Waals surface area contributed by atoms with Crippen LogP contribution in [0.15, 0.2) is 33.9 Å². The molecule has 0 aliphatic carbocycles. The zero-order chi connectivity index (χ0) is 22.2. The Bertz CT molecular complexity index is 1230. The Hall–Kier alpha value is -1.94. The number of amides is 1. The fourth-order valence-electron chi connectivity index (χ4n) is 3.43. The number of anilines is 1. The molecule has 1 N–H and O–H groups in total. The van der Waals surface area contributed by atoms with Gasteiger partial charge in [-0.2, -0.15) is 0 Å². The van der Waals surface area contributed by atoms with Crippen LogP contribution >= 0.6 is 34.3 Å². The number of likely N-dealkylation sites (tertiary alicyclic amines) is 1. The fourth-order valence-corrected chi connectivity index (χ4v) is 7.10. The number of carbonyl (C=O) groups excluding carboxylic acids is 1. The van der Waals surface area contributed by atoms with Gasteiger partial charge in [0.1, 0.15) is 14.1 Å². The van der Waals surface area contributed by atoms with Gasteiger partial charge in [-0.25, -0.2) is 13.4 Å². The number of piperidine rings is 1. The number of rotatable bonds is 5. The van der Waals surface area contributed by atoms with E-state index in [1.807, 2.05) is 18.7 Å². The fraction of sp³-hybridized carbons (Fsp3) is 0.333. The predicted octanol–water partition coefficient (Wildman–Crippen LogP) is 5.57. The van der Waals surface area contributed by atoms with E-state index >= 15 is 0 Å². The number of benzene rings is 1. The molecule has 0 unspecified atom stereocenters. The molecule has 1 aromatic carbocycles. The van der Waals surface area contributed by atoms with Gasteiger partial charge in [-0.3, -0.25) is 9.52 Å². The lowest BCUT2D eigenvalue weighted by Gasteiger charge is -2.26. The van der Waals surface area contributed by atoms with Crippen molar-refractivity contribution in [2.75, 3.05) is 17.8 Å². The van der Waals surface area contributed by atoms with Gasteiger partial charge in [0.2, 0.25) is 0 Å². The van der Waals surface area contributed by atoms with Gasteiger partial charge < -0.3 is 4.90 Å². The summed E-state index contributed by atoms with van der Waals surface area (Å²) >= 11 is 8.59. The Kier molecular flexibility index (Phi) is 6.39. The van der Waals surface area contributed by atoms with Gasteiger partial charge in [0.25, 0.3) is 15.9 Å². The minimum atomic E-state index is -3.79. The van der Waals surface area contributed by atoms with E-state index in [9.17, 15) is 13.2 Å². The van der Waals surface area contributed by atoms with Gasteiger partial charge in [0, 0.05) is 24.0 Å². The highest BCUT2D eigenvalue weighted by Gasteiger charge is 2.25. The Balaban J connectivity index is 1.56. The highest BCUT2D eigenvalue weighted by atomic mass is 35.5. The van der Waals surface area contributed by atoms with E-state index in [0.29, 0.717) is 31.9 Å². The first-order valence-corrected chi connectivity index (χ1v) is 13.4. The molecule has 6 nitrogen and oxygen atoms in total. The second-order valence-corrected chi connectivity index (χ2v) is 11.8. The predicted molar refractivity (Wildman–Crippen MR) is 127 cm³/mol. The lowest BCUT2D eigenvalue weighted by atomic mass is 10.1. The molecule has 0 atom stereocenters. The smallest absolute Gasteiger partial charge is 0.271 e. The summed E-state index contributed by atoms with van der Waals surface area (Å²) in [5.74, 6) is 0.0136.